The van der Waals surface area contributed by atoms with Gasteiger partial charge in [0.15, 0.2) is 0 Å². The first kappa shape index (κ1) is 27.3. The third-order valence-electron chi connectivity index (χ3n) is 3.13. The molecule has 0 saturated heterocycles. The molecule has 6 nitrogen and oxygen atoms in total. The fourth-order valence-electron chi connectivity index (χ4n) is 1.87. The number of hydrogen-bond donors (Lipinski definition) is 2. The van der Waals surface area contributed by atoms with Crippen LogP contribution in [0.3, 0.4) is 0 Å². The second kappa shape index (κ2) is 15.2. The Bertz CT molecular complexity index is 743. The topological polar surface area (TPSA) is 88.2 Å². The number of carbonyl (C=O) groups is 1. The average Bonchev–Trinajstić information content (AvgIpc) is 3.11. The first-order valence-corrected chi connectivity index (χ1v) is 7.57. The zero-order valence-electron chi connectivity index (χ0n) is 14.9. The van der Waals surface area contributed by atoms with Crippen LogP contribution in [0.25, 0.3) is 11.5 Å². The summed E-state index contributed by atoms with van der Waals surface area (Å²) in [4.78, 5) is 9.82. The molecule has 1 radical (unpaired) electrons. The summed E-state index contributed by atoms with van der Waals surface area (Å²) >= 11 is 0. The molecule has 0 saturated carbocycles. The van der Waals surface area contributed by atoms with Crippen LogP contribution < -0.4 is 5.48 Å². The molecular weight excluding hydrogens is 419 g/mol. The van der Waals surface area contributed by atoms with Crippen molar-refractivity contribution < 1.29 is 47.1 Å². The summed E-state index contributed by atoms with van der Waals surface area (Å²) in [6.07, 6.45) is 0.997. The van der Waals surface area contributed by atoms with Gasteiger partial charge in [0.1, 0.15) is 0 Å². The number of aromatic nitrogens is 2. The van der Waals surface area contributed by atoms with E-state index in [0.29, 0.717) is 24.6 Å². The third kappa shape index (κ3) is 9.56. The Morgan fingerprint density at radius 3 is 2.07 bits per heavy atom. The number of rotatable bonds is 4. The van der Waals surface area contributed by atoms with E-state index >= 15 is 0 Å². The maximum atomic E-state index is 9.82. The fraction of sp³-hybridized carbons (Fsp3) is 0.200. The molecular formula is C20H26N3O3Y-. The summed E-state index contributed by atoms with van der Waals surface area (Å²) in [6.45, 7) is 1.66. The third-order valence-corrected chi connectivity index (χ3v) is 3.13. The molecule has 1 heterocycles. The Hall–Kier alpha value is -1.89. The van der Waals surface area contributed by atoms with Crippen molar-refractivity contribution in [3.05, 3.63) is 79.5 Å². The molecule has 0 fully saturated rings. The van der Waals surface area contributed by atoms with Crippen molar-refractivity contribution in [2.24, 2.45) is 0 Å². The van der Waals surface area contributed by atoms with E-state index in [-0.39, 0.29) is 53.5 Å². The van der Waals surface area contributed by atoms with Gasteiger partial charge in [0.05, 0.1) is 6.42 Å². The molecule has 1 amide bonds. The Morgan fingerprint density at radius 1 is 1.04 bits per heavy atom. The molecule has 0 aliphatic heterocycles. The largest absolute Gasteiger partial charge is 0.420 e. The van der Waals surface area contributed by atoms with Gasteiger partial charge in [-0.05, 0) is 17.7 Å². The van der Waals surface area contributed by atoms with Crippen LogP contribution in [-0.2, 0) is 43.9 Å². The van der Waals surface area contributed by atoms with Crippen molar-refractivity contribution in [3.63, 3.8) is 0 Å². The minimum absolute atomic E-state index is 0. The Morgan fingerprint density at radius 2 is 1.59 bits per heavy atom. The van der Waals surface area contributed by atoms with Gasteiger partial charge in [-0.2, -0.15) is 0 Å². The van der Waals surface area contributed by atoms with Gasteiger partial charge in [-0.1, -0.05) is 62.9 Å². The van der Waals surface area contributed by atoms with Gasteiger partial charge < -0.3 is 11.8 Å². The molecule has 7 heteroatoms. The predicted molar refractivity (Wildman–Crippen MR) is 102 cm³/mol. The smallest absolute Gasteiger partial charge is 0.247 e. The summed E-state index contributed by atoms with van der Waals surface area (Å²) in [7, 11) is 0. The molecule has 0 unspecified atom stereocenters. The van der Waals surface area contributed by atoms with Crippen molar-refractivity contribution in [2.45, 2.75) is 27.2 Å². The van der Waals surface area contributed by atoms with E-state index in [9.17, 15) is 4.79 Å². The Kier molecular flexibility index (Phi) is 15.4. The van der Waals surface area contributed by atoms with Crippen LogP contribution in [0.15, 0.2) is 65.1 Å². The van der Waals surface area contributed by atoms with Gasteiger partial charge in [-0.25, -0.2) is 5.48 Å². The molecule has 27 heavy (non-hydrogen) atoms. The summed E-state index contributed by atoms with van der Waals surface area (Å²) in [5.41, 5.74) is 3.59. The zero-order chi connectivity index (χ0) is 17.2. The second-order valence-corrected chi connectivity index (χ2v) is 4.92. The van der Waals surface area contributed by atoms with Crippen LogP contribution in [0, 0.1) is 7.43 Å². The van der Waals surface area contributed by atoms with Crippen LogP contribution in [0.1, 0.15) is 32.2 Å². The van der Waals surface area contributed by atoms with Crippen LogP contribution in [0.4, 0.5) is 0 Å². The van der Waals surface area contributed by atoms with Crippen molar-refractivity contribution in [1.82, 2.24) is 15.7 Å². The number of nitrogens with zero attached hydrogens (tertiary/aromatic N) is 2. The van der Waals surface area contributed by atoms with E-state index in [1.54, 1.807) is 6.92 Å². The summed E-state index contributed by atoms with van der Waals surface area (Å²) < 4.78 is 5.65. The molecule has 0 aliphatic carbocycles. The average molecular weight is 445 g/mol. The number of amides is 1. The monoisotopic (exact) mass is 445 g/mol. The first-order chi connectivity index (χ1) is 11.7. The van der Waals surface area contributed by atoms with E-state index < -0.39 is 0 Å². The van der Waals surface area contributed by atoms with E-state index in [4.69, 9.17) is 9.62 Å². The molecule has 3 aromatic rings. The number of hydroxylamine groups is 1. The second-order valence-electron chi connectivity index (χ2n) is 4.92. The molecule has 0 spiro atoms. The Labute approximate surface area is 186 Å². The standard InChI is InChI=1S/C15H12N2O.C3H7NO2.CH4.CH3.Y/c1-3-7-12(8-4-1)11-14-16-17-15(18-14)13-9-5-2-6-10-13;1-2-3(5)4-6;;;/h1-10H,11H2;6H,2H2,1H3,(H,4,5);1H4;1H3;/q;;;-1;. The predicted octanol–water partition coefficient (Wildman–Crippen LogP) is 4.31. The molecule has 1 aromatic heterocycles. The van der Waals surface area contributed by atoms with Gasteiger partial charge in [0.25, 0.3) is 0 Å². The molecule has 0 bridgehead atoms. The fourth-order valence-corrected chi connectivity index (χ4v) is 1.87. The summed E-state index contributed by atoms with van der Waals surface area (Å²) in [5.74, 6) is 0.858. The van der Waals surface area contributed by atoms with Gasteiger partial charge in [0.2, 0.25) is 17.7 Å². The summed E-state index contributed by atoms with van der Waals surface area (Å²) in [5, 5.41) is 15.9. The van der Waals surface area contributed by atoms with E-state index in [1.165, 1.54) is 11.0 Å². The molecule has 2 N–H and O–H groups in total. The van der Waals surface area contributed by atoms with E-state index in [2.05, 4.69) is 10.2 Å². The number of hydrogen-bond acceptors (Lipinski definition) is 5. The number of carbonyl (C=O) groups excluding carboxylic acids is 1. The molecule has 2 aromatic carbocycles. The van der Waals surface area contributed by atoms with Crippen LogP contribution in [-0.4, -0.2) is 21.3 Å². The SMILES string of the molecule is C.CCC(=O)NO.[CH3-].[Y].c1ccc(Cc2nnc(-c3ccccc3)o2)cc1. The normalized spacial score (nSPS) is 8.67. The maximum Gasteiger partial charge on any atom is 0.247 e. The van der Waals surface area contributed by atoms with Gasteiger partial charge in [-0.3, -0.25) is 10.0 Å². The quantitative estimate of drug-likeness (QED) is 0.355. The van der Waals surface area contributed by atoms with Crippen LogP contribution in [0.5, 0.6) is 0 Å². The van der Waals surface area contributed by atoms with Crippen molar-refractivity contribution in [2.75, 3.05) is 0 Å². The molecule has 143 valence electrons. The number of nitrogens with one attached hydrogen (secondary N) is 1. The first-order valence-electron chi connectivity index (χ1n) is 7.57. The van der Waals surface area contributed by atoms with Crippen molar-refractivity contribution >= 4 is 5.91 Å². The van der Waals surface area contributed by atoms with E-state index in [1.807, 2.05) is 60.7 Å². The van der Waals surface area contributed by atoms with Crippen molar-refractivity contribution in [1.29, 1.82) is 0 Å². The minimum Gasteiger partial charge on any atom is -0.420 e. The molecule has 3 rings (SSSR count). The van der Waals surface area contributed by atoms with Gasteiger partial charge in [0, 0.05) is 44.7 Å². The van der Waals surface area contributed by atoms with Gasteiger partial charge >= 0.3 is 0 Å². The maximum absolute atomic E-state index is 9.82. The summed E-state index contributed by atoms with van der Waals surface area (Å²) in [6, 6.07) is 19.9. The zero-order valence-corrected chi connectivity index (χ0v) is 17.8. The van der Waals surface area contributed by atoms with E-state index in [0.717, 1.165) is 5.56 Å². The van der Waals surface area contributed by atoms with Crippen molar-refractivity contribution in [3.8, 4) is 11.5 Å². The molecule has 0 aliphatic rings. The van der Waals surface area contributed by atoms with Gasteiger partial charge in [-0.15, -0.1) is 10.2 Å². The van der Waals surface area contributed by atoms with Crippen LogP contribution in [0.2, 0.25) is 0 Å². The Balaban J connectivity index is 0. The van der Waals surface area contributed by atoms with Crippen LogP contribution >= 0.6 is 0 Å². The molecule has 0 atom stereocenters. The number of benzene rings is 2. The minimum atomic E-state index is -0.352.